The van der Waals surface area contributed by atoms with E-state index in [1.165, 1.54) is 3.57 Å². The number of aryl methyl sites for hydroxylation is 1. The van der Waals surface area contributed by atoms with E-state index in [0.717, 1.165) is 22.4 Å². The van der Waals surface area contributed by atoms with Crippen LogP contribution in [0.3, 0.4) is 0 Å². The normalized spacial score (nSPS) is 12.2. The van der Waals surface area contributed by atoms with E-state index in [0.29, 0.717) is 0 Å². The lowest BCUT2D eigenvalue weighted by Gasteiger charge is -2.16. The lowest BCUT2D eigenvalue weighted by Crippen LogP contribution is -2.13. The molecule has 1 unspecified atom stereocenters. The zero-order chi connectivity index (χ0) is 13.1. The maximum atomic E-state index is 6.32. The highest BCUT2D eigenvalue weighted by molar-refractivity contribution is 14.1. The van der Waals surface area contributed by atoms with Crippen molar-refractivity contribution in [1.82, 2.24) is 0 Å². The second kappa shape index (κ2) is 5.71. The van der Waals surface area contributed by atoms with Gasteiger partial charge in [0.05, 0.1) is 13.2 Å². The topological polar surface area (TPSA) is 35.2 Å². The average molecular weight is 353 g/mol. The molecule has 0 saturated heterocycles. The number of nitrogens with two attached hydrogens (primary N) is 1. The summed E-state index contributed by atoms with van der Waals surface area (Å²) in [6.07, 6.45) is 0. The first-order chi connectivity index (χ1) is 8.61. The monoisotopic (exact) mass is 353 g/mol. The molecule has 2 N–H and O–H groups in total. The van der Waals surface area contributed by atoms with Crippen molar-refractivity contribution >= 4 is 22.6 Å². The van der Waals surface area contributed by atoms with Crippen molar-refractivity contribution in [2.45, 2.75) is 13.0 Å². The molecule has 0 aliphatic heterocycles. The molecule has 0 bridgehead atoms. The Bertz CT molecular complexity index is 537. The van der Waals surface area contributed by atoms with Crippen molar-refractivity contribution in [3.8, 4) is 5.75 Å². The van der Waals surface area contributed by atoms with Gasteiger partial charge in [-0.1, -0.05) is 18.2 Å². The van der Waals surface area contributed by atoms with E-state index in [-0.39, 0.29) is 6.04 Å². The second-order valence-corrected chi connectivity index (χ2v) is 5.50. The number of halogens is 1. The van der Waals surface area contributed by atoms with Gasteiger partial charge < -0.3 is 10.5 Å². The summed E-state index contributed by atoms with van der Waals surface area (Å²) in [5.74, 6) is 0.867. The summed E-state index contributed by atoms with van der Waals surface area (Å²) in [4.78, 5) is 0. The van der Waals surface area contributed by atoms with Gasteiger partial charge in [0.15, 0.2) is 0 Å². The van der Waals surface area contributed by atoms with Crippen LogP contribution in [-0.2, 0) is 0 Å². The largest absolute Gasteiger partial charge is 0.497 e. The van der Waals surface area contributed by atoms with Crippen LogP contribution in [0.2, 0.25) is 0 Å². The predicted molar refractivity (Wildman–Crippen MR) is 82.9 cm³/mol. The first-order valence-electron chi connectivity index (χ1n) is 5.77. The van der Waals surface area contributed by atoms with Crippen molar-refractivity contribution in [2.75, 3.05) is 7.11 Å². The van der Waals surface area contributed by atoms with Crippen LogP contribution < -0.4 is 10.5 Å². The summed E-state index contributed by atoms with van der Waals surface area (Å²) in [7, 11) is 1.67. The lowest BCUT2D eigenvalue weighted by atomic mass is 9.96. The quantitative estimate of drug-likeness (QED) is 0.855. The molecule has 94 valence electrons. The molecule has 0 amide bonds. The van der Waals surface area contributed by atoms with Gasteiger partial charge in [-0.2, -0.15) is 0 Å². The maximum Gasteiger partial charge on any atom is 0.119 e. The summed E-state index contributed by atoms with van der Waals surface area (Å²) in [6, 6.07) is 14.2. The molecule has 0 saturated carbocycles. The molecule has 3 heteroatoms. The van der Waals surface area contributed by atoms with E-state index in [9.17, 15) is 0 Å². The van der Waals surface area contributed by atoms with Gasteiger partial charge in [-0.3, -0.25) is 0 Å². The molecule has 0 aromatic heterocycles. The van der Waals surface area contributed by atoms with Crippen LogP contribution in [0.5, 0.6) is 5.75 Å². The third-order valence-corrected chi connectivity index (χ3v) is 3.76. The van der Waals surface area contributed by atoms with Crippen LogP contribution in [0, 0.1) is 10.5 Å². The van der Waals surface area contributed by atoms with Gasteiger partial charge in [0.1, 0.15) is 5.75 Å². The van der Waals surface area contributed by atoms with E-state index in [1.807, 2.05) is 18.2 Å². The first-order valence-corrected chi connectivity index (χ1v) is 6.85. The number of rotatable bonds is 3. The Hall–Kier alpha value is -1.07. The minimum atomic E-state index is -0.0899. The fourth-order valence-electron chi connectivity index (χ4n) is 1.97. The van der Waals surface area contributed by atoms with Gasteiger partial charge in [0, 0.05) is 3.57 Å². The molecule has 18 heavy (non-hydrogen) atoms. The molecular weight excluding hydrogens is 337 g/mol. The molecule has 0 fully saturated rings. The van der Waals surface area contributed by atoms with Crippen LogP contribution in [0.1, 0.15) is 22.7 Å². The van der Waals surface area contributed by atoms with Gasteiger partial charge in [-0.25, -0.2) is 0 Å². The highest BCUT2D eigenvalue weighted by atomic mass is 127. The molecule has 2 rings (SSSR count). The molecular formula is C15H16INO. The summed E-state index contributed by atoms with van der Waals surface area (Å²) >= 11 is 2.29. The number of hydrogen-bond acceptors (Lipinski definition) is 2. The number of benzene rings is 2. The van der Waals surface area contributed by atoms with Gasteiger partial charge in [0.25, 0.3) is 0 Å². The van der Waals surface area contributed by atoms with Crippen molar-refractivity contribution in [1.29, 1.82) is 0 Å². The van der Waals surface area contributed by atoms with E-state index in [1.54, 1.807) is 7.11 Å². The molecule has 0 aliphatic rings. The van der Waals surface area contributed by atoms with Gasteiger partial charge in [-0.05, 0) is 70.5 Å². The third-order valence-electron chi connectivity index (χ3n) is 3.04. The molecule has 2 aromatic carbocycles. The Labute approximate surface area is 121 Å². The van der Waals surface area contributed by atoms with E-state index < -0.39 is 0 Å². The van der Waals surface area contributed by atoms with Crippen molar-refractivity contribution in [3.63, 3.8) is 0 Å². The van der Waals surface area contributed by atoms with Crippen molar-refractivity contribution in [2.24, 2.45) is 5.73 Å². The Morgan fingerprint density at radius 3 is 2.33 bits per heavy atom. The van der Waals surface area contributed by atoms with Gasteiger partial charge >= 0.3 is 0 Å². The van der Waals surface area contributed by atoms with Crippen molar-refractivity contribution < 1.29 is 4.74 Å². The lowest BCUT2D eigenvalue weighted by molar-refractivity contribution is 0.414. The Kier molecular flexibility index (Phi) is 4.24. The number of methoxy groups -OCH3 is 1. The number of hydrogen-bond donors (Lipinski definition) is 1. The van der Waals surface area contributed by atoms with Crippen LogP contribution in [0.15, 0.2) is 42.5 Å². The van der Waals surface area contributed by atoms with Crippen LogP contribution in [0.4, 0.5) is 0 Å². The van der Waals surface area contributed by atoms with Crippen LogP contribution >= 0.6 is 22.6 Å². The predicted octanol–water partition coefficient (Wildman–Crippen LogP) is 3.66. The highest BCUT2D eigenvalue weighted by Crippen LogP contribution is 2.26. The Morgan fingerprint density at radius 2 is 1.78 bits per heavy atom. The fourth-order valence-corrected chi connectivity index (χ4v) is 2.33. The SMILES string of the molecule is COc1ccc(C(N)c2ccc(I)cc2)c(C)c1. The van der Waals surface area contributed by atoms with E-state index in [2.05, 4.69) is 53.8 Å². The molecule has 2 aromatic rings. The Balaban J connectivity index is 2.33. The van der Waals surface area contributed by atoms with Crippen LogP contribution in [-0.4, -0.2) is 7.11 Å². The Morgan fingerprint density at radius 1 is 1.11 bits per heavy atom. The molecule has 0 radical (unpaired) electrons. The van der Waals surface area contributed by atoms with E-state index >= 15 is 0 Å². The smallest absolute Gasteiger partial charge is 0.119 e. The maximum absolute atomic E-state index is 6.32. The zero-order valence-corrected chi connectivity index (χ0v) is 12.6. The van der Waals surface area contributed by atoms with E-state index in [4.69, 9.17) is 10.5 Å². The molecule has 0 aliphatic carbocycles. The standard InChI is InChI=1S/C15H16INO/c1-10-9-13(18-2)7-8-14(10)15(17)11-3-5-12(16)6-4-11/h3-9,15H,17H2,1-2H3. The minimum Gasteiger partial charge on any atom is -0.497 e. The summed E-state index contributed by atoms with van der Waals surface area (Å²) in [5.41, 5.74) is 9.73. The first kappa shape index (κ1) is 13.4. The second-order valence-electron chi connectivity index (χ2n) is 4.25. The zero-order valence-electron chi connectivity index (χ0n) is 10.5. The highest BCUT2D eigenvalue weighted by Gasteiger charge is 2.11. The van der Waals surface area contributed by atoms with Gasteiger partial charge in [-0.15, -0.1) is 0 Å². The molecule has 0 spiro atoms. The molecule has 0 heterocycles. The average Bonchev–Trinajstić information content (AvgIpc) is 2.38. The van der Waals surface area contributed by atoms with Crippen LogP contribution in [0.25, 0.3) is 0 Å². The summed E-state index contributed by atoms with van der Waals surface area (Å²) in [5, 5.41) is 0. The molecule has 2 nitrogen and oxygen atoms in total. The van der Waals surface area contributed by atoms with Crippen molar-refractivity contribution in [3.05, 3.63) is 62.7 Å². The van der Waals surface area contributed by atoms with Gasteiger partial charge in [0.2, 0.25) is 0 Å². The summed E-state index contributed by atoms with van der Waals surface area (Å²) in [6.45, 7) is 2.06. The molecule has 1 atom stereocenters. The minimum absolute atomic E-state index is 0.0899. The fraction of sp³-hybridized carbons (Fsp3) is 0.200. The summed E-state index contributed by atoms with van der Waals surface area (Å²) < 4.78 is 6.43. The number of ether oxygens (including phenoxy) is 1. The third kappa shape index (κ3) is 2.84.